The molecular formula is C23H24ClFN4O. The highest BCUT2D eigenvalue weighted by atomic mass is 35.5. The number of benzene rings is 2. The second kappa shape index (κ2) is 8.58. The molecule has 5 nitrogen and oxygen atoms in total. The molecule has 3 aromatic rings. The molecular weight excluding hydrogens is 403 g/mol. The summed E-state index contributed by atoms with van der Waals surface area (Å²) < 4.78 is 15.3. The number of carbonyl (C=O) groups is 1. The maximum atomic E-state index is 13.5. The second-order valence-electron chi connectivity index (χ2n) is 7.73. The van der Waals surface area contributed by atoms with E-state index in [1.54, 1.807) is 6.20 Å². The molecule has 0 atom stereocenters. The molecule has 4 rings (SSSR count). The first-order valence-electron chi connectivity index (χ1n) is 10.1. The standard InChI is InChI=1S/C23H24ClFN4O/c1-14-3-5-18(11-15(14)2)29-22(16-7-9-26-10-8-16)19(13-27-29)23(30)28-17-4-6-21(25)20(24)12-17/h3-6,11-13,16,26H,7-10H2,1-2H3,(H,28,30). The Labute approximate surface area is 180 Å². The minimum absolute atomic E-state index is 0.0304. The van der Waals surface area contributed by atoms with Gasteiger partial charge in [-0.2, -0.15) is 5.10 Å². The zero-order valence-electron chi connectivity index (χ0n) is 17.0. The quantitative estimate of drug-likeness (QED) is 0.617. The van der Waals surface area contributed by atoms with Crippen molar-refractivity contribution in [1.82, 2.24) is 15.1 Å². The third-order valence-corrected chi connectivity index (χ3v) is 5.98. The summed E-state index contributed by atoms with van der Waals surface area (Å²) in [6.07, 6.45) is 3.48. The van der Waals surface area contributed by atoms with Gasteiger partial charge in [0, 0.05) is 11.6 Å². The molecule has 7 heteroatoms. The molecule has 1 amide bonds. The molecule has 2 N–H and O–H groups in total. The van der Waals surface area contributed by atoms with Crippen molar-refractivity contribution in [2.45, 2.75) is 32.6 Å². The van der Waals surface area contributed by atoms with Gasteiger partial charge >= 0.3 is 0 Å². The van der Waals surface area contributed by atoms with Crippen LogP contribution < -0.4 is 10.6 Å². The van der Waals surface area contributed by atoms with Crippen LogP contribution in [0.15, 0.2) is 42.6 Å². The van der Waals surface area contributed by atoms with Crippen molar-refractivity contribution in [2.75, 3.05) is 18.4 Å². The van der Waals surface area contributed by atoms with E-state index in [4.69, 9.17) is 11.6 Å². The molecule has 0 saturated carbocycles. The van der Waals surface area contributed by atoms with Gasteiger partial charge in [0.15, 0.2) is 0 Å². The average molecular weight is 427 g/mol. The summed E-state index contributed by atoms with van der Waals surface area (Å²) in [5.41, 5.74) is 5.20. The molecule has 156 valence electrons. The SMILES string of the molecule is Cc1ccc(-n2ncc(C(=O)Nc3ccc(F)c(Cl)c3)c2C2CCNCC2)cc1C. The zero-order chi connectivity index (χ0) is 21.3. The molecule has 1 fully saturated rings. The highest BCUT2D eigenvalue weighted by Gasteiger charge is 2.27. The van der Waals surface area contributed by atoms with Gasteiger partial charge in [-0.3, -0.25) is 4.79 Å². The summed E-state index contributed by atoms with van der Waals surface area (Å²) in [4.78, 5) is 13.1. The number of hydrogen-bond donors (Lipinski definition) is 2. The van der Waals surface area contributed by atoms with Crippen LogP contribution in [0.2, 0.25) is 5.02 Å². The summed E-state index contributed by atoms with van der Waals surface area (Å²) in [6.45, 7) is 5.94. The number of piperidine rings is 1. The maximum absolute atomic E-state index is 13.5. The van der Waals surface area contributed by atoms with Gasteiger partial charge in [-0.1, -0.05) is 17.7 Å². The van der Waals surface area contributed by atoms with Gasteiger partial charge in [0.2, 0.25) is 0 Å². The number of aromatic nitrogens is 2. The smallest absolute Gasteiger partial charge is 0.259 e. The Balaban J connectivity index is 1.73. The number of aryl methyl sites for hydroxylation is 2. The van der Waals surface area contributed by atoms with Crippen LogP contribution in [-0.4, -0.2) is 28.8 Å². The van der Waals surface area contributed by atoms with Crippen molar-refractivity contribution in [3.05, 3.63) is 75.8 Å². The van der Waals surface area contributed by atoms with Crippen molar-refractivity contribution in [3.8, 4) is 5.69 Å². The molecule has 1 aliphatic rings. The molecule has 1 saturated heterocycles. The lowest BCUT2D eigenvalue weighted by Crippen LogP contribution is -2.29. The Morgan fingerprint density at radius 1 is 1.17 bits per heavy atom. The van der Waals surface area contributed by atoms with Gasteiger partial charge in [0.25, 0.3) is 5.91 Å². The highest BCUT2D eigenvalue weighted by Crippen LogP contribution is 2.31. The van der Waals surface area contributed by atoms with Gasteiger partial charge in [0.05, 0.1) is 28.2 Å². The van der Waals surface area contributed by atoms with Crippen molar-refractivity contribution >= 4 is 23.2 Å². The minimum Gasteiger partial charge on any atom is -0.322 e. The van der Waals surface area contributed by atoms with Crippen molar-refractivity contribution in [1.29, 1.82) is 0 Å². The molecule has 2 heterocycles. The minimum atomic E-state index is -0.521. The van der Waals surface area contributed by atoms with Gasteiger partial charge in [0.1, 0.15) is 5.82 Å². The van der Waals surface area contributed by atoms with E-state index in [9.17, 15) is 9.18 Å². The molecule has 30 heavy (non-hydrogen) atoms. The largest absolute Gasteiger partial charge is 0.322 e. The molecule has 2 aromatic carbocycles. The van der Waals surface area contributed by atoms with Crippen LogP contribution in [0.1, 0.15) is 45.9 Å². The van der Waals surface area contributed by atoms with Gasteiger partial charge in [-0.15, -0.1) is 0 Å². The molecule has 0 unspecified atom stereocenters. The highest BCUT2D eigenvalue weighted by molar-refractivity contribution is 6.31. The van der Waals surface area contributed by atoms with E-state index < -0.39 is 5.82 Å². The van der Waals surface area contributed by atoms with Crippen molar-refractivity contribution in [3.63, 3.8) is 0 Å². The molecule has 1 aromatic heterocycles. The first-order valence-corrected chi connectivity index (χ1v) is 10.4. The molecule has 0 radical (unpaired) electrons. The van der Waals surface area contributed by atoms with E-state index in [0.717, 1.165) is 37.3 Å². The van der Waals surface area contributed by atoms with E-state index in [2.05, 4.69) is 41.7 Å². The number of halogens is 2. The van der Waals surface area contributed by atoms with Crippen LogP contribution in [0, 0.1) is 19.7 Å². The first-order chi connectivity index (χ1) is 14.4. The number of nitrogens with zero attached hydrogens (tertiary/aromatic N) is 2. The number of amides is 1. The van der Waals surface area contributed by atoms with Crippen molar-refractivity contribution < 1.29 is 9.18 Å². The average Bonchev–Trinajstić information content (AvgIpc) is 3.19. The summed E-state index contributed by atoms with van der Waals surface area (Å²) in [5.74, 6) is -0.582. The molecule has 1 aliphatic heterocycles. The van der Waals surface area contributed by atoms with Gasteiger partial charge in [-0.05, 0) is 81.2 Å². The summed E-state index contributed by atoms with van der Waals surface area (Å²) >= 11 is 5.86. The molecule has 0 spiro atoms. The second-order valence-corrected chi connectivity index (χ2v) is 8.14. The normalized spacial score (nSPS) is 14.7. The third kappa shape index (κ3) is 4.11. The fourth-order valence-corrected chi connectivity index (χ4v) is 4.04. The van der Waals surface area contributed by atoms with E-state index in [1.807, 2.05) is 10.7 Å². The molecule has 0 bridgehead atoms. The van der Waals surface area contributed by atoms with Crippen LogP contribution in [0.3, 0.4) is 0 Å². The van der Waals surface area contributed by atoms with Crippen LogP contribution in [0.25, 0.3) is 5.69 Å². The Morgan fingerprint density at radius 2 is 1.93 bits per heavy atom. The third-order valence-electron chi connectivity index (χ3n) is 5.69. The van der Waals surface area contributed by atoms with Crippen molar-refractivity contribution in [2.24, 2.45) is 0 Å². The summed E-state index contributed by atoms with van der Waals surface area (Å²) in [6, 6.07) is 10.3. The lowest BCUT2D eigenvalue weighted by Gasteiger charge is -2.25. The maximum Gasteiger partial charge on any atom is 0.259 e. The monoisotopic (exact) mass is 426 g/mol. The van der Waals surface area contributed by atoms with Crippen LogP contribution >= 0.6 is 11.6 Å². The predicted molar refractivity (Wildman–Crippen MR) is 117 cm³/mol. The van der Waals surface area contributed by atoms with Gasteiger partial charge in [-0.25, -0.2) is 9.07 Å². The number of hydrogen-bond acceptors (Lipinski definition) is 3. The van der Waals surface area contributed by atoms with Crippen LogP contribution in [0.5, 0.6) is 0 Å². The van der Waals surface area contributed by atoms with Crippen LogP contribution in [-0.2, 0) is 0 Å². The fourth-order valence-electron chi connectivity index (χ4n) is 3.86. The van der Waals surface area contributed by atoms with E-state index >= 15 is 0 Å². The Kier molecular flexibility index (Phi) is 5.88. The number of anilines is 1. The summed E-state index contributed by atoms with van der Waals surface area (Å²) in [7, 11) is 0. The number of rotatable bonds is 4. The topological polar surface area (TPSA) is 59.0 Å². The Hall–Kier alpha value is -2.70. The Bertz CT molecular complexity index is 1090. The van der Waals surface area contributed by atoms with E-state index in [-0.39, 0.29) is 16.8 Å². The Morgan fingerprint density at radius 3 is 2.63 bits per heavy atom. The lowest BCUT2D eigenvalue weighted by molar-refractivity contribution is 0.102. The zero-order valence-corrected chi connectivity index (χ0v) is 17.8. The van der Waals surface area contributed by atoms with E-state index in [0.29, 0.717) is 11.3 Å². The predicted octanol–water partition coefficient (Wildman–Crippen LogP) is 5.00. The number of carbonyl (C=O) groups excluding carboxylic acids is 1. The van der Waals surface area contributed by atoms with E-state index in [1.165, 1.54) is 29.3 Å². The van der Waals surface area contributed by atoms with Gasteiger partial charge < -0.3 is 10.6 Å². The van der Waals surface area contributed by atoms with Crippen LogP contribution in [0.4, 0.5) is 10.1 Å². The fraction of sp³-hybridized carbons (Fsp3) is 0.304. The lowest BCUT2D eigenvalue weighted by atomic mass is 9.91. The number of nitrogens with one attached hydrogen (secondary N) is 2. The first kappa shape index (κ1) is 20.6. The molecule has 0 aliphatic carbocycles. The summed E-state index contributed by atoms with van der Waals surface area (Å²) in [5, 5.41) is 10.7.